The van der Waals surface area contributed by atoms with Crippen LogP contribution in [0.2, 0.25) is 0 Å². The van der Waals surface area contributed by atoms with Gasteiger partial charge in [0.2, 0.25) is 0 Å². The molecule has 0 aliphatic heterocycles. The Morgan fingerprint density at radius 1 is 1.04 bits per heavy atom. The second-order valence-corrected chi connectivity index (χ2v) is 7.09. The molecule has 0 atom stereocenters. The maximum atomic E-state index is 12.9. The van der Waals surface area contributed by atoms with Crippen LogP contribution in [0.25, 0.3) is 0 Å². The molecule has 6 nitrogen and oxygen atoms in total. The average molecular weight is 361 g/mol. The fourth-order valence-corrected chi connectivity index (χ4v) is 3.56. The van der Waals surface area contributed by atoms with Gasteiger partial charge in [0, 0.05) is 18.9 Å². The van der Waals surface area contributed by atoms with Crippen LogP contribution in [0, 0.1) is 12.7 Å². The Hall–Kier alpha value is -2.87. The number of ether oxygens (including phenoxy) is 1. The molecule has 0 fully saturated rings. The Balaban J connectivity index is 1.74. The number of anilines is 1. The van der Waals surface area contributed by atoms with E-state index in [1.807, 2.05) is 0 Å². The molecule has 0 aliphatic rings. The van der Waals surface area contributed by atoms with Crippen LogP contribution in [-0.2, 0) is 17.1 Å². The first-order valence-electron chi connectivity index (χ1n) is 7.40. The lowest BCUT2D eigenvalue weighted by atomic mass is 10.3. The monoisotopic (exact) mass is 361 g/mol. The highest BCUT2D eigenvalue weighted by molar-refractivity contribution is 7.92. The molecule has 0 unspecified atom stereocenters. The van der Waals surface area contributed by atoms with Gasteiger partial charge in [-0.1, -0.05) is 0 Å². The third-order valence-corrected chi connectivity index (χ3v) is 4.90. The summed E-state index contributed by atoms with van der Waals surface area (Å²) in [5.74, 6) is 0.649. The van der Waals surface area contributed by atoms with E-state index in [2.05, 4.69) is 9.82 Å². The van der Waals surface area contributed by atoms with Crippen molar-refractivity contribution >= 4 is 15.7 Å². The molecular weight excluding hydrogens is 345 g/mol. The SMILES string of the molecule is Cc1nn(C)cc1S(=O)(=O)Nc1ccc(Oc2ccc(F)cc2)cc1. The van der Waals surface area contributed by atoms with Crippen molar-refractivity contribution in [3.05, 3.63) is 66.2 Å². The number of nitrogens with zero attached hydrogens (tertiary/aromatic N) is 2. The van der Waals surface area contributed by atoms with E-state index in [-0.39, 0.29) is 10.7 Å². The molecule has 130 valence electrons. The van der Waals surface area contributed by atoms with Gasteiger partial charge in [-0.3, -0.25) is 9.40 Å². The van der Waals surface area contributed by atoms with E-state index < -0.39 is 10.0 Å². The van der Waals surface area contributed by atoms with Crippen molar-refractivity contribution in [3.63, 3.8) is 0 Å². The van der Waals surface area contributed by atoms with E-state index in [9.17, 15) is 12.8 Å². The Morgan fingerprint density at radius 2 is 1.60 bits per heavy atom. The molecule has 0 bridgehead atoms. The van der Waals surface area contributed by atoms with Crippen molar-refractivity contribution in [1.82, 2.24) is 9.78 Å². The summed E-state index contributed by atoms with van der Waals surface area (Å²) in [5, 5.41) is 4.04. The number of nitrogens with one attached hydrogen (secondary N) is 1. The van der Waals surface area contributed by atoms with Gasteiger partial charge >= 0.3 is 0 Å². The molecule has 8 heteroatoms. The quantitative estimate of drug-likeness (QED) is 0.755. The zero-order valence-electron chi connectivity index (χ0n) is 13.6. The summed E-state index contributed by atoms with van der Waals surface area (Å²) in [5.41, 5.74) is 0.820. The standard InChI is InChI=1S/C17H16FN3O3S/c1-12-17(11-21(2)19-12)25(22,23)20-14-5-9-16(10-6-14)24-15-7-3-13(18)4-8-15/h3-11,20H,1-2H3. The van der Waals surface area contributed by atoms with E-state index in [0.717, 1.165) is 0 Å². The molecule has 2 aromatic carbocycles. The van der Waals surface area contributed by atoms with Crippen LogP contribution in [0.15, 0.2) is 59.6 Å². The second-order valence-electron chi connectivity index (χ2n) is 5.44. The van der Waals surface area contributed by atoms with Crippen LogP contribution in [0.4, 0.5) is 10.1 Å². The summed E-state index contributed by atoms with van der Waals surface area (Å²) in [7, 11) is -2.06. The highest BCUT2D eigenvalue weighted by Gasteiger charge is 2.19. The van der Waals surface area contributed by atoms with Crippen LogP contribution in [-0.4, -0.2) is 18.2 Å². The summed E-state index contributed by atoms with van der Waals surface area (Å²) in [6.07, 6.45) is 1.45. The van der Waals surface area contributed by atoms with Gasteiger partial charge in [-0.15, -0.1) is 0 Å². The van der Waals surface area contributed by atoms with Gasteiger partial charge in [0.1, 0.15) is 22.2 Å². The number of aromatic nitrogens is 2. The topological polar surface area (TPSA) is 73.2 Å². The third kappa shape index (κ3) is 3.97. The smallest absolute Gasteiger partial charge is 0.265 e. The summed E-state index contributed by atoms with van der Waals surface area (Å²) >= 11 is 0. The Kier molecular flexibility index (Phi) is 4.45. The van der Waals surface area contributed by atoms with Crippen molar-refractivity contribution in [2.75, 3.05) is 4.72 Å². The molecule has 0 amide bonds. The number of rotatable bonds is 5. The molecule has 1 aromatic heterocycles. The Morgan fingerprint density at radius 3 is 2.12 bits per heavy atom. The lowest BCUT2D eigenvalue weighted by Gasteiger charge is -2.09. The number of halogens is 1. The number of hydrogen-bond acceptors (Lipinski definition) is 4. The normalized spacial score (nSPS) is 11.3. The molecule has 0 aliphatic carbocycles. The molecule has 1 heterocycles. The molecule has 0 saturated carbocycles. The van der Waals surface area contributed by atoms with Gasteiger partial charge in [-0.2, -0.15) is 5.10 Å². The lowest BCUT2D eigenvalue weighted by molar-refractivity contribution is 0.480. The zero-order valence-corrected chi connectivity index (χ0v) is 14.4. The van der Waals surface area contributed by atoms with Gasteiger partial charge in [-0.05, 0) is 55.5 Å². The van der Waals surface area contributed by atoms with Gasteiger partial charge in [0.25, 0.3) is 10.0 Å². The van der Waals surface area contributed by atoms with Crippen LogP contribution in [0.5, 0.6) is 11.5 Å². The van der Waals surface area contributed by atoms with Crippen molar-refractivity contribution in [2.24, 2.45) is 7.05 Å². The summed E-state index contributed by atoms with van der Waals surface area (Å²) in [4.78, 5) is 0.127. The van der Waals surface area contributed by atoms with E-state index in [1.54, 1.807) is 38.2 Å². The molecule has 3 aromatic rings. The van der Waals surface area contributed by atoms with E-state index >= 15 is 0 Å². The molecule has 25 heavy (non-hydrogen) atoms. The molecular formula is C17H16FN3O3S. The minimum atomic E-state index is -3.72. The van der Waals surface area contributed by atoms with Gasteiger partial charge in [0.15, 0.2) is 0 Å². The number of aryl methyl sites for hydroxylation is 2. The Bertz CT molecular complexity index is 981. The predicted octanol–water partition coefficient (Wildman–Crippen LogP) is 3.46. The predicted molar refractivity (Wildman–Crippen MR) is 91.7 cm³/mol. The van der Waals surface area contributed by atoms with Crippen molar-refractivity contribution < 1.29 is 17.5 Å². The minimum absolute atomic E-state index is 0.127. The third-order valence-electron chi connectivity index (χ3n) is 3.41. The largest absolute Gasteiger partial charge is 0.457 e. The van der Waals surface area contributed by atoms with Crippen LogP contribution in [0.1, 0.15) is 5.69 Å². The maximum Gasteiger partial charge on any atom is 0.265 e. The zero-order chi connectivity index (χ0) is 18.0. The summed E-state index contributed by atoms with van der Waals surface area (Å²) in [6.45, 7) is 1.63. The van der Waals surface area contributed by atoms with Gasteiger partial charge in [-0.25, -0.2) is 12.8 Å². The van der Waals surface area contributed by atoms with Crippen LogP contribution < -0.4 is 9.46 Å². The number of sulfonamides is 1. The molecule has 0 saturated heterocycles. The fraction of sp³-hybridized carbons (Fsp3) is 0.118. The first-order chi connectivity index (χ1) is 11.8. The van der Waals surface area contributed by atoms with E-state index in [4.69, 9.17) is 4.74 Å². The van der Waals surface area contributed by atoms with Crippen LogP contribution in [0.3, 0.4) is 0 Å². The van der Waals surface area contributed by atoms with Gasteiger partial charge < -0.3 is 4.74 Å². The first-order valence-corrected chi connectivity index (χ1v) is 8.88. The van der Waals surface area contributed by atoms with E-state index in [0.29, 0.717) is 22.9 Å². The fourth-order valence-electron chi connectivity index (χ4n) is 2.28. The highest BCUT2D eigenvalue weighted by atomic mass is 32.2. The van der Waals surface area contributed by atoms with E-state index in [1.165, 1.54) is 35.1 Å². The lowest BCUT2D eigenvalue weighted by Crippen LogP contribution is -2.13. The summed E-state index contributed by atoms with van der Waals surface area (Å²) < 4.78 is 47.2. The van der Waals surface area contributed by atoms with Crippen molar-refractivity contribution in [3.8, 4) is 11.5 Å². The minimum Gasteiger partial charge on any atom is -0.457 e. The van der Waals surface area contributed by atoms with Crippen molar-refractivity contribution in [1.29, 1.82) is 0 Å². The molecule has 3 rings (SSSR count). The molecule has 0 spiro atoms. The second kappa shape index (κ2) is 6.56. The van der Waals surface area contributed by atoms with Crippen LogP contribution >= 0.6 is 0 Å². The number of benzene rings is 2. The molecule has 0 radical (unpaired) electrons. The highest BCUT2D eigenvalue weighted by Crippen LogP contribution is 2.24. The summed E-state index contributed by atoms with van der Waals surface area (Å²) in [6, 6.07) is 12.0. The molecule has 1 N–H and O–H groups in total. The average Bonchev–Trinajstić information content (AvgIpc) is 2.91. The maximum absolute atomic E-state index is 12.9. The Labute approximate surface area is 144 Å². The van der Waals surface area contributed by atoms with Gasteiger partial charge in [0.05, 0.1) is 5.69 Å². The number of hydrogen-bond donors (Lipinski definition) is 1. The first kappa shape index (κ1) is 17.0. The van der Waals surface area contributed by atoms with Crippen molar-refractivity contribution in [2.45, 2.75) is 11.8 Å².